The number of rotatable bonds is 7. The van der Waals surface area contributed by atoms with Crippen molar-refractivity contribution in [3.8, 4) is 0 Å². The van der Waals surface area contributed by atoms with Crippen molar-refractivity contribution in [1.29, 1.82) is 0 Å². The Balaban J connectivity index is 2.11. The third-order valence-corrected chi connectivity index (χ3v) is 7.53. The van der Waals surface area contributed by atoms with Crippen molar-refractivity contribution in [2.45, 2.75) is 10.9 Å². The zero-order chi connectivity index (χ0) is 23.6. The number of ether oxygens (including phenoxy) is 1. The number of aliphatic hydroxyl groups excluding tert-OH is 1. The fourth-order valence-electron chi connectivity index (χ4n) is 3.44. The van der Waals surface area contributed by atoms with Crippen molar-refractivity contribution in [2.24, 2.45) is 0 Å². The molecule has 3 rings (SSSR count). The molecule has 0 aromatic heterocycles. The molecule has 2 aromatic rings. The zero-order valence-electron chi connectivity index (χ0n) is 17.8. The standard InChI is InChI=1S/C22H23BrN2O6S/c1-24(2)32(29,30)17-10-6-15(7-11-17)20(26)18-19(14-4-8-16(23)9-5-14)25(12-13-31-3)22(28)21(18)27/h4-11,19,26H,12-13H2,1-3H3/b20-18-. The van der Waals surface area contributed by atoms with Crippen LogP contribution in [0.5, 0.6) is 0 Å². The molecule has 32 heavy (non-hydrogen) atoms. The van der Waals surface area contributed by atoms with Crippen LogP contribution < -0.4 is 0 Å². The van der Waals surface area contributed by atoms with Crippen molar-refractivity contribution in [3.63, 3.8) is 0 Å². The van der Waals surface area contributed by atoms with Crippen LogP contribution in [0, 0.1) is 0 Å². The summed E-state index contributed by atoms with van der Waals surface area (Å²) in [6.45, 7) is 0.385. The van der Waals surface area contributed by atoms with Gasteiger partial charge in [0.05, 0.1) is 23.1 Å². The summed E-state index contributed by atoms with van der Waals surface area (Å²) in [6, 6.07) is 11.8. The summed E-state index contributed by atoms with van der Waals surface area (Å²) in [6.07, 6.45) is 0. The largest absolute Gasteiger partial charge is 0.507 e. The van der Waals surface area contributed by atoms with Gasteiger partial charge in [-0.25, -0.2) is 12.7 Å². The topological polar surface area (TPSA) is 104 Å². The van der Waals surface area contributed by atoms with Crippen LogP contribution in [0.3, 0.4) is 0 Å². The van der Waals surface area contributed by atoms with Gasteiger partial charge in [-0.05, 0) is 42.0 Å². The van der Waals surface area contributed by atoms with Gasteiger partial charge in [0.1, 0.15) is 5.76 Å². The number of sulfonamides is 1. The van der Waals surface area contributed by atoms with Crippen LogP contribution in [0.1, 0.15) is 17.2 Å². The predicted molar refractivity (Wildman–Crippen MR) is 122 cm³/mol. The fraction of sp³-hybridized carbons (Fsp3) is 0.273. The average molecular weight is 523 g/mol. The lowest BCUT2D eigenvalue weighted by molar-refractivity contribution is -0.140. The molecule has 0 radical (unpaired) electrons. The highest BCUT2D eigenvalue weighted by atomic mass is 79.9. The summed E-state index contributed by atoms with van der Waals surface area (Å²) in [7, 11) is 0.687. The molecule has 2 aromatic carbocycles. The number of methoxy groups -OCH3 is 1. The maximum absolute atomic E-state index is 12.9. The normalized spacial score (nSPS) is 18.5. The molecule has 1 fully saturated rings. The average Bonchev–Trinajstić information content (AvgIpc) is 3.02. The van der Waals surface area contributed by atoms with E-state index < -0.39 is 27.8 Å². The second kappa shape index (κ2) is 9.53. The third-order valence-electron chi connectivity index (χ3n) is 5.17. The van der Waals surface area contributed by atoms with E-state index in [1.807, 2.05) is 0 Å². The Morgan fingerprint density at radius 1 is 1.09 bits per heavy atom. The minimum atomic E-state index is -3.65. The van der Waals surface area contributed by atoms with E-state index in [4.69, 9.17) is 4.74 Å². The summed E-state index contributed by atoms with van der Waals surface area (Å²) < 4.78 is 31.6. The lowest BCUT2D eigenvalue weighted by Crippen LogP contribution is -2.32. The summed E-state index contributed by atoms with van der Waals surface area (Å²) in [5.41, 5.74) is 0.822. The van der Waals surface area contributed by atoms with E-state index in [0.29, 0.717) is 5.56 Å². The Bertz CT molecular complexity index is 1160. The smallest absolute Gasteiger partial charge is 0.295 e. The number of Topliss-reactive ketones (excluding diaryl/α,β-unsaturated/α-hetero) is 1. The number of aliphatic hydroxyl groups is 1. The van der Waals surface area contributed by atoms with E-state index in [0.717, 1.165) is 8.78 Å². The maximum Gasteiger partial charge on any atom is 0.295 e. The Hall–Kier alpha value is -2.53. The van der Waals surface area contributed by atoms with Crippen molar-refractivity contribution in [1.82, 2.24) is 9.21 Å². The number of halogens is 1. The highest BCUT2D eigenvalue weighted by Crippen LogP contribution is 2.39. The van der Waals surface area contributed by atoms with Crippen molar-refractivity contribution in [3.05, 3.63) is 69.7 Å². The van der Waals surface area contributed by atoms with Crippen LogP contribution >= 0.6 is 15.9 Å². The van der Waals surface area contributed by atoms with Crippen LogP contribution in [0.4, 0.5) is 0 Å². The number of nitrogens with zero attached hydrogens (tertiary/aromatic N) is 2. The molecule has 1 heterocycles. The van der Waals surface area contributed by atoms with Gasteiger partial charge < -0.3 is 14.7 Å². The van der Waals surface area contributed by atoms with Gasteiger partial charge in [0, 0.05) is 37.8 Å². The summed E-state index contributed by atoms with van der Waals surface area (Å²) >= 11 is 3.37. The Morgan fingerprint density at radius 3 is 2.22 bits per heavy atom. The molecule has 0 bridgehead atoms. The Kier molecular flexibility index (Phi) is 7.19. The molecule has 0 aliphatic carbocycles. The van der Waals surface area contributed by atoms with E-state index in [2.05, 4.69) is 15.9 Å². The molecule has 0 spiro atoms. The molecule has 1 aliphatic rings. The molecular formula is C22H23BrN2O6S. The first kappa shape index (κ1) is 24.1. The van der Waals surface area contributed by atoms with Gasteiger partial charge in [0.15, 0.2) is 0 Å². The van der Waals surface area contributed by atoms with Crippen LogP contribution in [-0.4, -0.2) is 68.8 Å². The number of carbonyl (C=O) groups excluding carboxylic acids is 2. The number of likely N-dealkylation sites (tertiary alicyclic amines) is 1. The number of hydrogen-bond acceptors (Lipinski definition) is 6. The Morgan fingerprint density at radius 2 is 1.69 bits per heavy atom. The lowest BCUT2D eigenvalue weighted by Gasteiger charge is -2.25. The first-order valence-corrected chi connectivity index (χ1v) is 11.9. The minimum absolute atomic E-state index is 0.0454. The van der Waals surface area contributed by atoms with E-state index in [9.17, 15) is 23.1 Å². The van der Waals surface area contributed by atoms with E-state index in [1.54, 1.807) is 24.3 Å². The number of benzene rings is 2. The fourth-order valence-corrected chi connectivity index (χ4v) is 4.61. The lowest BCUT2D eigenvalue weighted by atomic mass is 9.95. The van der Waals surface area contributed by atoms with Gasteiger partial charge >= 0.3 is 0 Å². The third kappa shape index (κ3) is 4.49. The van der Waals surface area contributed by atoms with Crippen LogP contribution in [0.15, 0.2) is 63.5 Å². The zero-order valence-corrected chi connectivity index (χ0v) is 20.2. The van der Waals surface area contributed by atoms with E-state index in [1.165, 1.54) is 50.4 Å². The van der Waals surface area contributed by atoms with E-state index >= 15 is 0 Å². The highest BCUT2D eigenvalue weighted by molar-refractivity contribution is 9.10. The maximum atomic E-state index is 12.9. The monoisotopic (exact) mass is 522 g/mol. The highest BCUT2D eigenvalue weighted by Gasteiger charge is 2.45. The first-order valence-electron chi connectivity index (χ1n) is 9.65. The molecule has 8 nitrogen and oxygen atoms in total. The number of amides is 1. The molecule has 1 unspecified atom stereocenters. The molecule has 1 amide bonds. The van der Waals surface area contributed by atoms with Gasteiger partial charge in [-0.2, -0.15) is 0 Å². The SMILES string of the molecule is COCCN1C(=O)C(=O)/C(=C(\O)c2ccc(S(=O)(=O)N(C)C)cc2)C1c1ccc(Br)cc1. The summed E-state index contributed by atoms with van der Waals surface area (Å²) in [4.78, 5) is 27.1. The van der Waals surface area contributed by atoms with Gasteiger partial charge in [-0.1, -0.05) is 28.1 Å². The number of carbonyl (C=O) groups is 2. The number of ketones is 1. The first-order chi connectivity index (χ1) is 15.1. The van der Waals surface area contributed by atoms with Crippen LogP contribution in [0.25, 0.3) is 5.76 Å². The number of hydrogen-bond donors (Lipinski definition) is 1. The van der Waals surface area contributed by atoms with E-state index in [-0.39, 0.29) is 34.9 Å². The van der Waals surface area contributed by atoms with Gasteiger partial charge in [0.2, 0.25) is 10.0 Å². The molecule has 1 atom stereocenters. The summed E-state index contributed by atoms with van der Waals surface area (Å²) in [5, 5.41) is 11.0. The van der Waals surface area contributed by atoms with Gasteiger partial charge in [-0.15, -0.1) is 0 Å². The minimum Gasteiger partial charge on any atom is -0.507 e. The van der Waals surface area contributed by atoms with Gasteiger partial charge in [0.25, 0.3) is 11.7 Å². The van der Waals surface area contributed by atoms with Crippen molar-refractivity contribution in [2.75, 3.05) is 34.4 Å². The van der Waals surface area contributed by atoms with Crippen molar-refractivity contribution >= 4 is 43.4 Å². The van der Waals surface area contributed by atoms with Gasteiger partial charge in [-0.3, -0.25) is 9.59 Å². The Labute approximate surface area is 195 Å². The molecule has 0 saturated carbocycles. The molecule has 1 aliphatic heterocycles. The second-order valence-electron chi connectivity index (χ2n) is 7.35. The summed E-state index contributed by atoms with van der Waals surface area (Å²) in [5.74, 6) is -1.91. The molecule has 170 valence electrons. The second-order valence-corrected chi connectivity index (χ2v) is 10.4. The quantitative estimate of drug-likeness (QED) is 0.340. The molecule has 10 heteroatoms. The molecule has 1 saturated heterocycles. The van der Waals surface area contributed by atoms with Crippen LogP contribution in [0.2, 0.25) is 0 Å². The molecular weight excluding hydrogens is 500 g/mol. The molecule has 1 N–H and O–H groups in total. The van der Waals surface area contributed by atoms with Crippen molar-refractivity contribution < 1.29 is 27.9 Å². The predicted octanol–water partition coefficient (Wildman–Crippen LogP) is 2.77. The van der Waals surface area contributed by atoms with Crippen LogP contribution in [-0.2, 0) is 24.3 Å².